The number of nitrogens with zero attached hydrogens (tertiary/aromatic N) is 1. The summed E-state index contributed by atoms with van der Waals surface area (Å²) < 4.78 is 0. The van der Waals surface area contributed by atoms with Crippen molar-refractivity contribution in [3.63, 3.8) is 0 Å². The molecule has 10 rings (SSSR count). The van der Waals surface area contributed by atoms with Gasteiger partial charge in [0.1, 0.15) is 0 Å². The molecule has 0 aliphatic heterocycles. The molecule has 1 nitrogen and oxygen atoms in total. The average Bonchev–Trinajstić information content (AvgIpc) is 3.53. The Morgan fingerprint density at radius 1 is 0.293 bits per heavy atom. The first-order chi connectivity index (χ1) is 28.5. The van der Waals surface area contributed by atoms with Crippen molar-refractivity contribution in [2.75, 3.05) is 4.90 Å². The fourth-order valence-electron chi connectivity index (χ4n) is 8.96. The second-order valence-electron chi connectivity index (χ2n) is 15.7. The summed E-state index contributed by atoms with van der Waals surface area (Å²) in [5.74, 6) is 0. The number of fused-ring (bicyclic) bond motifs is 3. The Hall–Kier alpha value is -7.22. The van der Waals surface area contributed by atoms with E-state index in [0.717, 1.165) is 17.1 Å². The van der Waals surface area contributed by atoms with Gasteiger partial charge in [-0.25, -0.2) is 0 Å². The van der Waals surface area contributed by atoms with Gasteiger partial charge in [0.25, 0.3) is 0 Å². The van der Waals surface area contributed by atoms with Crippen LogP contribution >= 0.6 is 0 Å². The van der Waals surface area contributed by atoms with Crippen LogP contribution in [-0.4, -0.2) is 0 Å². The minimum Gasteiger partial charge on any atom is -0.310 e. The van der Waals surface area contributed by atoms with E-state index in [2.05, 4.69) is 243 Å². The molecule has 0 heterocycles. The molecule has 0 radical (unpaired) electrons. The van der Waals surface area contributed by atoms with Crippen molar-refractivity contribution in [1.29, 1.82) is 0 Å². The van der Waals surface area contributed by atoms with Crippen LogP contribution in [0.15, 0.2) is 224 Å². The van der Waals surface area contributed by atoms with E-state index in [0.29, 0.717) is 0 Å². The van der Waals surface area contributed by atoms with E-state index in [1.54, 1.807) is 0 Å². The van der Waals surface area contributed by atoms with Gasteiger partial charge in [-0.1, -0.05) is 196 Å². The van der Waals surface area contributed by atoms with Gasteiger partial charge in [0.2, 0.25) is 0 Å². The predicted octanol–water partition coefficient (Wildman–Crippen LogP) is 15.8. The Morgan fingerprint density at radius 2 is 0.776 bits per heavy atom. The maximum atomic E-state index is 2.44. The first kappa shape index (κ1) is 35.2. The average molecular weight is 742 g/mol. The zero-order valence-electron chi connectivity index (χ0n) is 32.8. The van der Waals surface area contributed by atoms with Crippen LogP contribution in [0.25, 0.3) is 66.8 Å². The molecule has 0 N–H and O–H groups in total. The van der Waals surface area contributed by atoms with E-state index in [-0.39, 0.29) is 5.41 Å². The highest BCUT2D eigenvalue weighted by Gasteiger charge is 2.35. The number of rotatable bonds is 8. The lowest BCUT2D eigenvalue weighted by Gasteiger charge is -2.30. The Morgan fingerprint density at radius 3 is 1.45 bits per heavy atom. The first-order valence-electron chi connectivity index (χ1n) is 20.2. The van der Waals surface area contributed by atoms with E-state index in [1.165, 1.54) is 77.9 Å². The zero-order chi connectivity index (χ0) is 39.1. The standard InChI is InChI=1S/C57H43N/c1-57(2)53-29-13-12-27-51(53)52-39-47(33-36-54(52)57)50-28-16-30-55(56(50)43-21-10-5-11-22-43)58(49-26-15-25-46(38-49)41-19-8-4-9-20-41)48-34-31-42(32-35-48)45-24-14-23-44(37-45)40-17-6-3-7-18-40/h3-39H,1-2H3. The Bertz CT molecular complexity index is 2890. The van der Waals surface area contributed by atoms with E-state index in [1.807, 2.05) is 0 Å². The molecule has 0 bridgehead atoms. The molecule has 1 heteroatoms. The molecular weight excluding hydrogens is 699 g/mol. The van der Waals surface area contributed by atoms with E-state index < -0.39 is 0 Å². The number of anilines is 3. The van der Waals surface area contributed by atoms with Gasteiger partial charge in [-0.3, -0.25) is 0 Å². The monoisotopic (exact) mass is 741 g/mol. The van der Waals surface area contributed by atoms with Crippen LogP contribution in [0.3, 0.4) is 0 Å². The Balaban J connectivity index is 1.16. The fraction of sp³-hybridized carbons (Fsp3) is 0.0526. The molecule has 0 unspecified atom stereocenters. The summed E-state index contributed by atoms with van der Waals surface area (Å²) in [6.07, 6.45) is 0. The lowest BCUT2D eigenvalue weighted by atomic mass is 9.82. The normalized spacial score (nSPS) is 12.4. The van der Waals surface area contributed by atoms with E-state index >= 15 is 0 Å². The molecule has 276 valence electrons. The molecule has 1 aliphatic carbocycles. The van der Waals surface area contributed by atoms with Gasteiger partial charge in [-0.15, -0.1) is 0 Å². The summed E-state index contributed by atoms with van der Waals surface area (Å²) in [5.41, 5.74) is 20.6. The van der Waals surface area contributed by atoms with Crippen LogP contribution < -0.4 is 4.90 Å². The molecule has 0 spiro atoms. The third-order valence-electron chi connectivity index (χ3n) is 11.9. The van der Waals surface area contributed by atoms with Crippen LogP contribution in [0.4, 0.5) is 17.1 Å². The van der Waals surface area contributed by atoms with Crippen molar-refractivity contribution in [2.45, 2.75) is 19.3 Å². The van der Waals surface area contributed by atoms with Gasteiger partial charge >= 0.3 is 0 Å². The quantitative estimate of drug-likeness (QED) is 0.150. The highest BCUT2D eigenvalue weighted by molar-refractivity contribution is 5.98. The molecule has 9 aromatic carbocycles. The summed E-state index contributed by atoms with van der Waals surface area (Å²) in [6, 6.07) is 81.8. The van der Waals surface area contributed by atoms with E-state index in [9.17, 15) is 0 Å². The second-order valence-corrected chi connectivity index (χ2v) is 15.7. The molecule has 0 atom stereocenters. The maximum absolute atomic E-state index is 2.44. The zero-order valence-corrected chi connectivity index (χ0v) is 32.8. The lowest BCUT2D eigenvalue weighted by Crippen LogP contribution is -2.14. The Labute approximate surface area is 342 Å². The molecule has 58 heavy (non-hydrogen) atoms. The number of benzene rings is 9. The van der Waals surface area contributed by atoms with Gasteiger partial charge in [-0.05, 0) is 115 Å². The second kappa shape index (κ2) is 14.7. The van der Waals surface area contributed by atoms with Gasteiger partial charge in [0.15, 0.2) is 0 Å². The number of hydrogen-bond donors (Lipinski definition) is 0. The van der Waals surface area contributed by atoms with Gasteiger partial charge in [0, 0.05) is 22.4 Å². The van der Waals surface area contributed by atoms with Gasteiger partial charge < -0.3 is 4.90 Å². The molecule has 0 amide bonds. The van der Waals surface area contributed by atoms with Crippen molar-refractivity contribution in [3.8, 4) is 66.8 Å². The SMILES string of the molecule is CC1(C)c2ccccc2-c2cc(-c3cccc(N(c4ccc(-c5cccc(-c6ccccc6)c5)cc4)c4cccc(-c5ccccc5)c4)c3-c3ccccc3)ccc21. The molecule has 0 fully saturated rings. The molecule has 0 saturated carbocycles. The third kappa shape index (κ3) is 6.32. The van der Waals surface area contributed by atoms with Crippen LogP contribution in [0.1, 0.15) is 25.0 Å². The van der Waals surface area contributed by atoms with Crippen molar-refractivity contribution >= 4 is 17.1 Å². The van der Waals surface area contributed by atoms with Crippen LogP contribution in [-0.2, 0) is 5.41 Å². The van der Waals surface area contributed by atoms with Crippen molar-refractivity contribution < 1.29 is 0 Å². The van der Waals surface area contributed by atoms with Crippen LogP contribution in [0, 0.1) is 0 Å². The minimum absolute atomic E-state index is 0.0514. The minimum atomic E-state index is -0.0514. The molecule has 0 saturated heterocycles. The summed E-state index contributed by atoms with van der Waals surface area (Å²) in [6.45, 7) is 4.69. The van der Waals surface area contributed by atoms with Gasteiger partial charge in [-0.2, -0.15) is 0 Å². The molecule has 0 aromatic heterocycles. The summed E-state index contributed by atoms with van der Waals surface area (Å²) in [5, 5.41) is 0. The summed E-state index contributed by atoms with van der Waals surface area (Å²) >= 11 is 0. The highest BCUT2D eigenvalue weighted by Crippen LogP contribution is 2.51. The highest BCUT2D eigenvalue weighted by atomic mass is 15.1. The van der Waals surface area contributed by atoms with Crippen LogP contribution in [0.5, 0.6) is 0 Å². The summed E-state index contributed by atoms with van der Waals surface area (Å²) in [4.78, 5) is 2.44. The number of hydrogen-bond acceptors (Lipinski definition) is 1. The first-order valence-corrected chi connectivity index (χ1v) is 20.2. The van der Waals surface area contributed by atoms with Crippen molar-refractivity contribution in [2.24, 2.45) is 0 Å². The fourth-order valence-corrected chi connectivity index (χ4v) is 8.96. The smallest absolute Gasteiger partial charge is 0.0546 e. The molecular formula is C57H43N. The lowest BCUT2D eigenvalue weighted by molar-refractivity contribution is 0.660. The topological polar surface area (TPSA) is 3.24 Å². The van der Waals surface area contributed by atoms with E-state index in [4.69, 9.17) is 0 Å². The van der Waals surface area contributed by atoms with Gasteiger partial charge in [0.05, 0.1) is 5.69 Å². The van der Waals surface area contributed by atoms with Crippen LogP contribution in [0.2, 0.25) is 0 Å². The van der Waals surface area contributed by atoms with Crippen molar-refractivity contribution in [1.82, 2.24) is 0 Å². The largest absolute Gasteiger partial charge is 0.310 e. The molecule has 1 aliphatic rings. The Kier molecular flexibility index (Phi) is 8.92. The predicted molar refractivity (Wildman–Crippen MR) is 246 cm³/mol. The summed E-state index contributed by atoms with van der Waals surface area (Å²) in [7, 11) is 0. The van der Waals surface area contributed by atoms with Crippen molar-refractivity contribution in [3.05, 3.63) is 236 Å². The maximum Gasteiger partial charge on any atom is 0.0546 e. The third-order valence-corrected chi connectivity index (χ3v) is 11.9. The molecule has 9 aromatic rings.